The Labute approximate surface area is 153 Å². The van der Waals surface area contributed by atoms with Crippen LogP contribution in [0.15, 0.2) is 53.4 Å². The zero-order valence-electron chi connectivity index (χ0n) is 14.5. The molecule has 2 rings (SSSR count). The van der Waals surface area contributed by atoms with Crippen LogP contribution in [0.3, 0.4) is 0 Å². The van der Waals surface area contributed by atoms with Gasteiger partial charge in [-0.1, -0.05) is 32.0 Å². The number of hydrogen-bond acceptors (Lipinski definition) is 4. The molecule has 4 nitrogen and oxygen atoms in total. The number of amides is 1. The second-order valence-electron chi connectivity index (χ2n) is 5.75. The van der Waals surface area contributed by atoms with Crippen LogP contribution in [-0.2, 0) is 0 Å². The molecule has 5 heteroatoms. The van der Waals surface area contributed by atoms with E-state index in [1.165, 1.54) is 0 Å². The normalized spacial score (nSPS) is 10.3. The highest BCUT2D eigenvalue weighted by Gasteiger charge is 2.13. The predicted molar refractivity (Wildman–Crippen MR) is 102 cm³/mol. The minimum Gasteiger partial charge on any atom is -0.493 e. The number of hydrogen-bond donors (Lipinski definition) is 1. The van der Waals surface area contributed by atoms with Crippen molar-refractivity contribution in [3.8, 4) is 11.8 Å². The smallest absolute Gasteiger partial charge is 0.256 e. The molecule has 0 aliphatic heterocycles. The van der Waals surface area contributed by atoms with Crippen LogP contribution < -0.4 is 10.1 Å². The van der Waals surface area contributed by atoms with Crippen molar-refractivity contribution in [2.24, 2.45) is 0 Å². The maximum atomic E-state index is 12.6. The molecule has 1 amide bonds. The highest BCUT2D eigenvalue weighted by atomic mass is 32.2. The van der Waals surface area contributed by atoms with Crippen LogP contribution in [0.1, 0.15) is 37.0 Å². The summed E-state index contributed by atoms with van der Waals surface area (Å²) in [6, 6.07) is 17.0. The van der Waals surface area contributed by atoms with E-state index in [0.717, 1.165) is 4.90 Å². The Morgan fingerprint density at radius 1 is 1.24 bits per heavy atom. The highest BCUT2D eigenvalue weighted by molar-refractivity contribution is 8.00. The first-order chi connectivity index (χ1) is 12.1. The molecule has 0 radical (unpaired) electrons. The lowest BCUT2D eigenvalue weighted by Gasteiger charge is -2.12. The number of carbonyl (C=O) groups is 1. The first-order valence-corrected chi connectivity index (χ1v) is 9.15. The molecule has 2 aromatic carbocycles. The van der Waals surface area contributed by atoms with Gasteiger partial charge in [-0.05, 0) is 30.7 Å². The van der Waals surface area contributed by atoms with Gasteiger partial charge in [0.2, 0.25) is 0 Å². The first-order valence-electron chi connectivity index (χ1n) is 8.27. The SMILES string of the molecule is CC(C)Sc1ccccc1C(=O)Nc1cccc(OCCCC#N)c1. The van der Waals surface area contributed by atoms with Crippen molar-refractivity contribution in [3.63, 3.8) is 0 Å². The second-order valence-corrected chi connectivity index (χ2v) is 7.37. The van der Waals surface area contributed by atoms with E-state index in [4.69, 9.17) is 10.00 Å². The van der Waals surface area contributed by atoms with Crippen molar-refractivity contribution in [2.75, 3.05) is 11.9 Å². The average Bonchev–Trinajstić information content (AvgIpc) is 2.59. The summed E-state index contributed by atoms with van der Waals surface area (Å²) in [5.41, 5.74) is 1.36. The molecule has 0 bridgehead atoms. The van der Waals surface area contributed by atoms with Crippen LogP contribution in [0.5, 0.6) is 5.75 Å². The van der Waals surface area contributed by atoms with E-state index in [1.54, 1.807) is 17.8 Å². The third-order valence-electron chi connectivity index (χ3n) is 3.29. The third-order valence-corrected chi connectivity index (χ3v) is 4.37. The fraction of sp³-hybridized carbons (Fsp3) is 0.300. The summed E-state index contributed by atoms with van der Waals surface area (Å²) in [5.74, 6) is 0.547. The number of nitrogens with one attached hydrogen (secondary N) is 1. The zero-order valence-corrected chi connectivity index (χ0v) is 15.3. The lowest BCUT2D eigenvalue weighted by Crippen LogP contribution is -2.13. The van der Waals surface area contributed by atoms with E-state index < -0.39 is 0 Å². The van der Waals surface area contributed by atoms with Gasteiger partial charge in [-0.3, -0.25) is 4.79 Å². The van der Waals surface area contributed by atoms with Gasteiger partial charge in [0.1, 0.15) is 5.75 Å². The Balaban J connectivity index is 2.05. The Morgan fingerprint density at radius 3 is 2.80 bits per heavy atom. The maximum Gasteiger partial charge on any atom is 0.256 e. The number of ether oxygens (including phenoxy) is 1. The molecule has 0 aromatic heterocycles. The molecular weight excluding hydrogens is 332 g/mol. The summed E-state index contributed by atoms with van der Waals surface area (Å²) < 4.78 is 5.61. The van der Waals surface area contributed by atoms with Crippen molar-refractivity contribution >= 4 is 23.4 Å². The van der Waals surface area contributed by atoms with Crippen molar-refractivity contribution in [1.29, 1.82) is 5.26 Å². The Kier molecular flexibility index (Phi) is 7.36. The average molecular weight is 354 g/mol. The molecule has 25 heavy (non-hydrogen) atoms. The minimum atomic E-state index is -0.134. The van der Waals surface area contributed by atoms with Gasteiger partial charge in [0.25, 0.3) is 5.91 Å². The van der Waals surface area contributed by atoms with Gasteiger partial charge in [-0.15, -0.1) is 11.8 Å². The number of anilines is 1. The molecule has 0 fully saturated rings. The zero-order chi connectivity index (χ0) is 18.1. The molecule has 0 saturated carbocycles. The fourth-order valence-electron chi connectivity index (χ4n) is 2.21. The minimum absolute atomic E-state index is 0.134. The molecule has 130 valence electrons. The van der Waals surface area contributed by atoms with Crippen molar-refractivity contribution in [1.82, 2.24) is 0 Å². The molecule has 0 saturated heterocycles. The van der Waals surface area contributed by atoms with E-state index in [1.807, 2.05) is 42.5 Å². The molecular formula is C20H22N2O2S. The molecule has 0 unspecified atom stereocenters. The van der Waals surface area contributed by atoms with E-state index >= 15 is 0 Å². The second kappa shape index (κ2) is 9.75. The van der Waals surface area contributed by atoms with Crippen LogP contribution in [-0.4, -0.2) is 17.8 Å². The molecule has 0 spiro atoms. The molecule has 0 aliphatic rings. The van der Waals surface area contributed by atoms with Crippen LogP contribution in [0.4, 0.5) is 5.69 Å². The number of nitriles is 1. The molecule has 2 aromatic rings. The van der Waals surface area contributed by atoms with E-state index in [0.29, 0.717) is 41.7 Å². The quantitative estimate of drug-likeness (QED) is 0.528. The van der Waals surface area contributed by atoms with E-state index in [2.05, 4.69) is 25.2 Å². The summed E-state index contributed by atoms with van der Waals surface area (Å²) >= 11 is 1.67. The van der Waals surface area contributed by atoms with Gasteiger partial charge in [-0.25, -0.2) is 0 Å². The van der Waals surface area contributed by atoms with Gasteiger partial charge in [0.15, 0.2) is 0 Å². The van der Waals surface area contributed by atoms with Crippen molar-refractivity contribution in [3.05, 3.63) is 54.1 Å². The number of benzene rings is 2. The number of rotatable bonds is 8. The summed E-state index contributed by atoms with van der Waals surface area (Å²) in [4.78, 5) is 13.6. The van der Waals surface area contributed by atoms with Gasteiger partial charge >= 0.3 is 0 Å². The Hall–Kier alpha value is -2.45. The number of carbonyl (C=O) groups excluding carboxylic acids is 1. The summed E-state index contributed by atoms with van der Waals surface area (Å²) in [6.07, 6.45) is 1.16. The predicted octanol–water partition coefficient (Wildman–Crippen LogP) is 5.12. The Bertz CT molecular complexity index is 753. The van der Waals surface area contributed by atoms with Crippen LogP contribution in [0.2, 0.25) is 0 Å². The largest absolute Gasteiger partial charge is 0.493 e. The summed E-state index contributed by atoms with van der Waals surface area (Å²) in [7, 11) is 0. The summed E-state index contributed by atoms with van der Waals surface area (Å²) in [6.45, 7) is 4.69. The van der Waals surface area contributed by atoms with Crippen LogP contribution in [0.25, 0.3) is 0 Å². The number of thioether (sulfide) groups is 1. The molecule has 0 atom stereocenters. The number of nitrogens with zero attached hydrogens (tertiary/aromatic N) is 1. The lowest BCUT2D eigenvalue weighted by atomic mass is 10.2. The standard InChI is InChI=1S/C20H22N2O2S/c1-15(2)25-19-11-4-3-10-18(19)20(23)22-16-8-7-9-17(14-16)24-13-6-5-12-21/h3-4,7-11,14-15H,5-6,13H2,1-2H3,(H,22,23). The van der Waals surface area contributed by atoms with Gasteiger partial charge in [-0.2, -0.15) is 5.26 Å². The lowest BCUT2D eigenvalue weighted by molar-refractivity contribution is 0.102. The third kappa shape index (κ3) is 6.17. The molecule has 0 heterocycles. The van der Waals surface area contributed by atoms with Crippen molar-refractivity contribution in [2.45, 2.75) is 36.8 Å². The Morgan fingerprint density at radius 2 is 2.04 bits per heavy atom. The van der Waals surface area contributed by atoms with E-state index in [9.17, 15) is 4.79 Å². The van der Waals surface area contributed by atoms with Crippen molar-refractivity contribution < 1.29 is 9.53 Å². The van der Waals surface area contributed by atoms with Gasteiger partial charge < -0.3 is 10.1 Å². The molecule has 1 N–H and O–H groups in total. The monoisotopic (exact) mass is 354 g/mol. The van der Waals surface area contributed by atoms with Crippen LogP contribution in [0, 0.1) is 11.3 Å². The summed E-state index contributed by atoms with van der Waals surface area (Å²) in [5, 5.41) is 11.9. The fourth-order valence-corrected chi connectivity index (χ4v) is 3.17. The highest BCUT2D eigenvalue weighted by Crippen LogP contribution is 2.27. The maximum absolute atomic E-state index is 12.6. The first kappa shape index (κ1) is 18.9. The topological polar surface area (TPSA) is 62.1 Å². The van der Waals surface area contributed by atoms with E-state index in [-0.39, 0.29) is 5.91 Å². The molecule has 0 aliphatic carbocycles. The van der Waals surface area contributed by atoms with Gasteiger partial charge in [0, 0.05) is 28.3 Å². The van der Waals surface area contributed by atoms with Gasteiger partial charge in [0.05, 0.1) is 18.2 Å². The number of unbranched alkanes of at least 4 members (excludes halogenated alkanes) is 1. The van der Waals surface area contributed by atoms with Crippen LogP contribution >= 0.6 is 11.8 Å².